The summed E-state index contributed by atoms with van der Waals surface area (Å²) in [5, 5.41) is 2.22. The number of nitrogens with one attached hydrogen (secondary N) is 1. The van der Waals surface area contributed by atoms with E-state index in [0.29, 0.717) is 5.69 Å². The second-order valence-corrected chi connectivity index (χ2v) is 4.57. The van der Waals surface area contributed by atoms with Gasteiger partial charge >= 0.3 is 0 Å². The SMILES string of the molecule is Nc1cnccc1SCC(=O)NC(=O)c1ccco1. The van der Waals surface area contributed by atoms with Crippen LogP contribution in [0.25, 0.3) is 0 Å². The third-order valence-corrected chi connectivity index (χ3v) is 3.26. The van der Waals surface area contributed by atoms with Gasteiger partial charge < -0.3 is 10.2 Å². The molecule has 0 spiro atoms. The first-order valence-electron chi connectivity index (χ1n) is 5.37. The van der Waals surface area contributed by atoms with Crippen LogP contribution in [0, 0.1) is 0 Å². The number of anilines is 1. The molecule has 0 unspecified atom stereocenters. The number of nitrogen functional groups attached to an aromatic ring is 1. The zero-order valence-electron chi connectivity index (χ0n) is 9.83. The molecule has 0 aliphatic carbocycles. The summed E-state index contributed by atoms with van der Waals surface area (Å²) in [4.78, 5) is 27.7. The first-order chi connectivity index (χ1) is 9.16. The molecule has 2 aromatic heterocycles. The van der Waals surface area contributed by atoms with Gasteiger partial charge in [0.1, 0.15) is 0 Å². The number of nitrogens with two attached hydrogens (primary N) is 1. The van der Waals surface area contributed by atoms with Crippen LogP contribution in [0.5, 0.6) is 0 Å². The molecule has 7 heteroatoms. The number of thioether (sulfide) groups is 1. The van der Waals surface area contributed by atoms with Gasteiger partial charge in [0.2, 0.25) is 5.91 Å². The third kappa shape index (κ3) is 3.59. The average molecular weight is 277 g/mol. The summed E-state index contributed by atoms with van der Waals surface area (Å²) in [5.74, 6) is -0.789. The van der Waals surface area contributed by atoms with E-state index in [0.717, 1.165) is 4.90 Å². The van der Waals surface area contributed by atoms with Crippen LogP contribution in [0.2, 0.25) is 0 Å². The smallest absolute Gasteiger partial charge is 0.293 e. The van der Waals surface area contributed by atoms with Gasteiger partial charge in [0.05, 0.1) is 23.9 Å². The molecule has 0 fully saturated rings. The molecular formula is C12H11N3O3S. The Bertz CT molecular complexity index is 584. The molecule has 0 aliphatic heterocycles. The van der Waals surface area contributed by atoms with Gasteiger partial charge in [-0.05, 0) is 18.2 Å². The molecule has 98 valence electrons. The van der Waals surface area contributed by atoms with Gasteiger partial charge in [-0.15, -0.1) is 11.8 Å². The van der Waals surface area contributed by atoms with Gasteiger partial charge in [0, 0.05) is 11.1 Å². The molecule has 6 nitrogen and oxygen atoms in total. The largest absolute Gasteiger partial charge is 0.459 e. The summed E-state index contributed by atoms with van der Waals surface area (Å²) in [6.45, 7) is 0. The van der Waals surface area contributed by atoms with Crippen LogP contribution < -0.4 is 11.1 Å². The fourth-order valence-corrected chi connectivity index (χ4v) is 2.04. The lowest BCUT2D eigenvalue weighted by Gasteiger charge is -2.04. The van der Waals surface area contributed by atoms with Crippen molar-refractivity contribution in [3.8, 4) is 0 Å². The first-order valence-corrected chi connectivity index (χ1v) is 6.35. The van der Waals surface area contributed by atoms with E-state index in [1.807, 2.05) is 0 Å². The van der Waals surface area contributed by atoms with Crippen molar-refractivity contribution in [1.29, 1.82) is 0 Å². The standard InChI is InChI=1S/C12H11N3O3S/c13-8-6-14-4-3-10(8)19-7-11(16)15-12(17)9-2-1-5-18-9/h1-6H,7,13H2,(H,15,16,17). The second-order valence-electron chi connectivity index (χ2n) is 3.56. The zero-order chi connectivity index (χ0) is 13.7. The Morgan fingerprint density at radius 3 is 2.95 bits per heavy atom. The normalized spacial score (nSPS) is 10.1. The summed E-state index contributed by atoms with van der Waals surface area (Å²) in [6, 6.07) is 4.77. The van der Waals surface area contributed by atoms with E-state index < -0.39 is 11.8 Å². The summed E-state index contributed by atoms with van der Waals surface area (Å²) in [5.41, 5.74) is 6.19. The number of hydrogen-bond acceptors (Lipinski definition) is 6. The Balaban J connectivity index is 1.85. The van der Waals surface area contributed by atoms with Crippen molar-refractivity contribution in [1.82, 2.24) is 10.3 Å². The maximum absolute atomic E-state index is 11.6. The Hall–Kier alpha value is -2.28. The van der Waals surface area contributed by atoms with Crippen LogP contribution in [0.1, 0.15) is 10.6 Å². The number of pyridine rings is 1. The van der Waals surface area contributed by atoms with Crippen molar-refractivity contribution >= 4 is 29.3 Å². The second kappa shape index (κ2) is 6.05. The van der Waals surface area contributed by atoms with Crippen LogP contribution in [-0.2, 0) is 4.79 Å². The maximum atomic E-state index is 11.6. The van der Waals surface area contributed by atoms with Gasteiger partial charge in [0.15, 0.2) is 5.76 Å². The Morgan fingerprint density at radius 2 is 2.26 bits per heavy atom. The molecule has 0 radical (unpaired) electrons. The van der Waals surface area contributed by atoms with Crippen molar-refractivity contribution in [2.45, 2.75) is 4.90 Å². The van der Waals surface area contributed by atoms with E-state index in [2.05, 4.69) is 10.3 Å². The van der Waals surface area contributed by atoms with E-state index in [4.69, 9.17) is 10.2 Å². The van der Waals surface area contributed by atoms with Gasteiger partial charge in [-0.3, -0.25) is 19.9 Å². The quantitative estimate of drug-likeness (QED) is 0.817. The molecule has 19 heavy (non-hydrogen) atoms. The number of furan rings is 1. The van der Waals surface area contributed by atoms with Crippen LogP contribution in [0.15, 0.2) is 46.2 Å². The lowest BCUT2D eigenvalue weighted by molar-refractivity contribution is -0.117. The number of imide groups is 1. The number of carbonyl (C=O) groups excluding carboxylic acids is 2. The fraction of sp³-hybridized carbons (Fsp3) is 0.0833. The summed E-state index contributed by atoms with van der Waals surface area (Å²) >= 11 is 1.23. The minimum Gasteiger partial charge on any atom is -0.459 e. The Kier molecular flexibility index (Phi) is 4.19. The van der Waals surface area contributed by atoms with Crippen LogP contribution in [0.4, 0.5) is 5.69 Å². The van der Waals surface area contributed by atoms with Crippen molar-refractivity contribution in [3.63, 3.8) is 0 Å². The number of nitrogens with zero attached hydrogens (tertiary/aromatic N) is 1. The van der Waals surface area contributed by atoms with Gasteiger partial charge in [-0.1, -0.05) is 0 Å². The van der Waals surface area contributed by atoms with Crippen LogP contribution in [-0.4, -0.2) is 22.6 Å². The van der Waals surface area contributed by atoms with E-state index in [-0.39, 0.29) is 11.5 Å². The zero-order valence-corrected chi connectivity index (χ0v) is 10.6. The molecule has 0 aromatic carbocycles. The van der Waals surface area contributed by atoms with E-state index in [1.165, 1.54) is 30.3 Å². The van der Waals surface area contributed by atoms with Crippen molar-refractivity contribution in [3.05, 3.63) is 42.6 Å². The van der Waals surface area contributed by atoms with Crippen LogP contribution >= 0.6 is 11.8 Å². The molecule has 2 amide bonds. The predicted octanol–water partition coefficient (Wildman–Crippen LogP) is 1.31. The number of amides is 2. The third-order valence-electron chi connectivity index (χ3n) is 2.17. The first kappa shape index (κ1) is 13.2. The molecule has 2 rings (SSSR count). The van der Waals surface area contributed by atoms with E-state index in [9.17, 15) is 9.59 Å². The molecule has 3 N–H and O–H groups in total. The van der Waals surface area contributed by atoms with Crippen LogP contribution in [0.3, 0.4) is 0 Å². The number of hydrogen-bond donors (Lipinski definition) is 2. The Morgan fingerprint density at radius 1 is 1.42 bits per heavy atom. The Labute approximate surface area is 113 Å². The molecule has 0 bridgehead atoms. The minimum absolute atomic E-state index is 0.0840. The molecule has 2 heterocycles. The highest BCUT2D eigenvalue weighted by atomic mass is 32.2. The molecule has 0 aliphatic rings. The molecule has 2 aromatic rings. The summed E-state index contributed by atoms with van der Waals surface area (Å²) in [7, 11) is 0. The van der Waals surface area contributed by atoms with Crippen molar-refractivity contribution in [2.75, 3.05) is 11.5 Å². The highest BCUT2D eigenvalue weighted by Crippen LogP contribution is 2.22. The monoisotopic (exact) mass is 277 g/mol. The number of carbonyl (C=O) groups is 2. The lowest BCUT2D eigenvalue weighted by Crippen LogP contribution is -2.31. The van der Waals surface area contributed by atoms with E-state index in [1.54, 1.807) is 18.3 Å². The predicted molar refractivity (Wildman–Crippen MR) is 70.6 cm³/mol. The molecule has 0 saturated carbocycles. The lowest BCUT2D eigenvalue weighted by atomic mass is 10.4. The van der Waals surface area contributed by atoms with Crippen molar-refractivity contribution in [2.24, 2.45) is 0 Å². The molecule has 0 atom stereocenters. The van der Waals surface area contributed by atoms with Gasteiger partial charge in [-0.25, -0.2) is 0 Å². The maximum Gasteiger partial charge on any atom is 0.293 e. The molecule has 0 saturated heterocycles. The number of rotatable bonds is 4. The minimum atomic E-state index is -0.557. The topological polar surface area (TPSA) is 98.2 Å². The summed E-state index contributed by atoms with van der Waals surface area (Å²) < 4.78 is 4.88. The van der Waals surface area contributed by atoms with Gasteiger partial charge in [0.25, 0.3) is 5.91 Å². The van der Waals surface area contributed by atoms with Gasteiger partial charge in [-0.2, -0.15) is 0 Å². The average Bonchev–Trinajstić information content (AvgIpc) is 2.91. The highest BCUT2D eigenvalue weighted by molar-refractivity contribution is 8.00. The fourth-order valence-electron chi connectivity index (χ4n) is 1.30. The molecular weight excluding hydrogens is 266 g/mol. The van der Waals surface area contributed by atoms with Crippen molar-refractivity contribution < 1.29 is 14.0 Å². The highest BCUT2D eigenvalue weighted by Gasteiger charge is 2.13. The summed E-state index contributed by atoms with van der Waals surface area (Å²) in [6.07, 6.45) is 4.46. The van der Waals surface area contributed by atoms with E-state index >= 15 is 0 Å². The number of aromatic nitrogens is 1.